The molecule has 3 aromatic rings. The zero-order valence-corrected chi connectivity index (χ0v) is 12.9. The zero-order valence-electron chi connectivity index (χ0n) is 12.9. The van der Waals surface area contributed by atoms with E-state index in [4.69, 9.17) is 10.2 Å². The van der Waals surface area contributed by atoms with E-state index in [1.54, 1.807) is 12.1 Å². The van der Waals surface area contributed by atoms with E-state index in [0.717, 1.165) is 5.69 Å². The molecule has 0 saturated heterocycles. The average molecular weight is 320 g/mol. The van der Waals surface area contributed by atoms with Gasteiger partial charge in [-0.05, 0) is 24.3 Å². The summed E-state index contributed by atoms with van der Waals surface area (Å²) in [5.74, 6) is 0.955. The van der Waals surface area contributed by atoms with Crippen LogP contribution < -0.4 is 16.4 Å². The largest absolute Gasteiger partial charge is 0.463 e. The van der Waals surface area contributed by atoms with Gasteiger partial charge in [-0.1, -0.05) is 18.2 Å². The number of para-hydroxylation sites is 1. The predicted octanol–water partition coefficient (Wildman–Crippen LogP) is 2.71. The number of hydrogen-bond acceptors (Lipinski definition) is 7. The molecular formula is C17H16N6O. The SMILES string of the molecule is N#Cc1c(NCCNc2ccccc2)nc(N)nc1-c1ccco1. The van der Waals surface area contributed by atoms with E-state index in [2.05, 4.69) is 26.7 Å². The Morgan fingerprint density at radius 2 is 1.83 bits per heavy atom. The van der Waals surface area contributed by atoms with Crippen LogP contribution in [0.4, 0.5) is 17.5 Å². The van der Waals surface area contributed by atoms with Crippen molar-refractivity contribution in [3.8, 4) is 17.5 Å². The molecule has 0 saturated carbocycles. The smallest absolute Gasteiger partial charge is 0.222 e. The minimum Gasteiger partial charge on any atom is -0.463 e. The first kappa shape index (κ1) is 15.4. The highest BCUT2D eigenvalue weighted by Crippen LogP contribution is 2.26. The van der Waals surface area contributed by atoms with E-state index in [-0.39, 0.29) is 5.95 Å². The molecule has 24 heavy (non-hydrogen) atoms. The number of hydrogen-bond donors (Lipinski definition) is 3. The summed E-state index contributed by atoms with van der Waals surface area (Å²) < 4.78 is 5.32. The molecular weight excluding hydrogens is 304 g/mol. The number of aromatic nitrogens is 2. The average Bonchev–Trinajstić information content (AvgIpc) is 3.13. The molecule has 0 aliphatic rings. The molecule has 3 rings (SSSR count). The number of furan rings is 1. The van der Waals surface area contributed by atoms with Crippen molar-refractivity contribution >= 4 is 17.5 Å². The third kappa shape index (κ3) is 3.44. The zero-order chi connectivity index (χ0) is 16.8. The van der Waals surface area contributed by atoms with E-state index in [1.807, 2.05) is 30.3 Å². The monoisotopic (exact) mass is 320 g/mol. The van der Waals surface area contributed by atoms with Crippen LogP contribution in [0.25, 0.3) is 11.5 Å². The van der Waals surface area contributed by atoms with Gasteiger partial charge in [0.2, 0.25) is 5.95 Å². The van der Waals surface area contributed by atoms with Crippen LogP contribution in [0.2, 0.25) is 0 Å². The van der Waals surface area contributed by atoms with Crippen LogP contribution in [-0.2, 0) is 0 Å². The van der Waals surface area contributed by atoms with Crippen LogP contribution in [-0.4, -0.2) is 23.1 Å². The summed E-state index contributed by atoms with van der Waals surface area (Å²) in [6.07, 6.45) is 1.52. The van der Waals surface area contributed by atoms with E-state index >= 15 is 0 Å². The van der Waals surface area contributed by atoms with Crippen LogP contribution in [0.1, 0.15) is 5.56 Å². The number of nitrogen functional groups attached to an aromatic ring is 1. The van der Waals surface area contributed by atoms with Crippen molar-refractivity contribution in [2.75, 3.05) is 29.5 Å². The van der Waals surface area contributed by atoms with Gasteiger partial charge in [0.05, 0.1) is 6.26 Å². The lowest BCUT2D eigenvalue weighted by atomic mass is 10.2. The molecule has 7 heteroatoms. The Bertz CT molecular complexity index is 840. The fourth-order valence-corrected chi connectivity index (χ4v) is 2.25. The Balaban J connectivity index is 1.72. The molecule has 0 aliphatic carbocycles. The maximum atomic E-state index is 9.46. The summed E-state index contributed by atoms with van der Waals surface area (Å²) in [5, 5.41) is 15.8. The molecule has 2 aromatic heterocycles. The quantitative estimate of drug-likeness (QED) is 0.598. The molecule has 0 fully saturated rings. The van der Waals surface area contributed by atoms with Crippen molar-refractivity contribution in [1.82, 2.24) is 9.97 Å². The van der Waals surface area contributed by atoms with Crippen molar-refractivity contribution in [1.29, 1.82) is 5.26 Å². The molecule has 0 amide bonds. The molecule has 1 aromatic carbocycles. The lowest BCUT2D eigenvalue weighted by Crippen LogP contribution is -2.16. The number of nitrogens with zero attached hydrogens (tertiary/aromatic N) is 3. The molecule has 0 spiro atoms. The summed E-state index contributed by atoms with van der Waals surface area (Å²) in [6, 6.07) is 15.4. The van der Waals surface area contributed by atoms with Gasteiger partial charge in [0.1, 0.15) is 23.1 Å². The number of anilines is 3. The Hall–Kier alpha value is -3.53. The second-order valence-electron chi connectivity index (χ2n) is 4.96. The highest BCUT2D eigenvalue weighted by atomic mass is 16.3. The van der Waals surface area contributed by atoms with Crippen LogP contribution in [0.5, 0.6) is 0 Å². The van der Waals surface area contributed by atoms with E-state index in [9.17, 15) is 5.26 Å². The van der Waals surface area contributed by atoms with Gasteiger partial charge < -0.3 is 20.8 Å². The third-order valence-corrected chi connectivity index (χ3v) is 3.31. The summed E-state index contributed by atoms with van der Waals surface area (Å²) in [4.78, 5) is 8.24. The van der Waals surface area contributed by atoms with E-state index in [0.29, 0.717) is 35.9 Å². The summed E-state index contributed by atoms with van der Waals surface area (Å²) >= 11 is 0. The molecule has 0 unspecified atom stereocenters. The van der Waals surface area contributed by atoms with Crippen molar-refractivity contribution in [3.05, 3.63) is 54.3 Å². The lowest BCUT2D eigenvalue weighted by Gasteiger charge is -2.11. The van der Waals surface area contributed by atoms with Gasteiger partial charge in [0, 0.05) is 18.8 Å². The number of nitriles is 1. The first-order valence-corrected chi connectivity index (χ1v) is 7.42. The summed E-state index contributed by atoms with van der Waals surface area (Å²) in [6.45, 7) is 1.23. The van der Waals surface area contributed by atoms with Crippen LogP contribution >= 0.6 is 0 Å². The topological polar surface area (TPSA) is 113 Å². The Morgan fingerprint density at radius 1 is 1.04 bits per heavy atom. The molecule has 7 nitrogen and oxygen atoms in total. The van der Waals surface area contributed by atoms with E-state index in [1.165, 1.54) is 6.26 Å². The third-order valence-electron chi connectivity index (χ3n) is 3.31. The normalized spacial score (nSPS) is 10.1. The Labute approximate surface area is 139 Å². The number of benzene rings is 1. The number of nitrogens with two attached hydrogens (primary N) is 1. The van der Waals surface area contributed by atoms with Gasteiger partial charge >= 0.3 is 0 Å². The second-order valence-corrected chi connectivity index (χ2v) is 4.96. The number of rotatable bonds is 6. The number of nitrogens with one attached hydrogen (secondary N) is 2. The van der Waals surface area contributed by atoms with E-state index < -0.39 is 0 Å². The first-order chi connectivity index (χ1) is 11.8. The first-order valence-electron chi connectivity index (χ1n) is 7.42. The van der Waals surface area contributed by atoms with Gasteiger partial charge in [0.25, 0.3) is 0 Å². The maximum absolute atomic E-state index is 9.46. The fraction of sp³-hybridized carbons (Fsp3) is 0.118. The predicted molar refractivity (Wildman–Crippen MR) is 92.3 cm³/mol. The molecule has 4 N–H and O–H groups in total. The van der Waals surface area contributed by atoms with Crippen LogP contribution in [0.15, 0.2) is 53.1 Å². The Kier molecular flexibility index (Phi) is 4.58. The minimum atomic E-state index is 0.0823. The standard InChI is InChI=1S/C17H16N6O/c18-11-13-15(14-7-4-10-24-14)22-17(19)23-16(13)21-9-8-20-12-5-2-1-3-6-12/h1-7,10,20H,8-9H2,(H3,19,21,22,23). The van der Waals surface area contributed by atoms with Crippen molar-refractivity contribution in [2.45, 2.75) is 0 Å². The molecule has 120 valence electrons. The van der Waals surface area contributed by atoms with Gasteiger partial charge in [-0.15, -0.1) is 0 Å². The Morgan fingerprint density at radius 3 is 2.54 bits per heavy atom. The summed E-state index contributed by atoms with van der Waals surface area (Å²) in [7, 11) is 0. The van der Waals surface area contributed by atoms with Gasteiger partial charge in [0.15, 0.2) is 5.76 Å². The van der Waals surface area contributed by atoms with Gasteiger partial charge in [-0.25, -0.2) is 4.98 Å². The maximum Gasteiger partial charge on any atom is 0.222 e. The van der Waals surface area contributed by atoms with Gasteiger partial charge in [-0.2, -0.15) is 10.2 Å². The van der Waals surface area contributed by atoms with Crippen molar-refractivity contribution in [3.63, 3.8) is 0 Å². The van der Waals surface area contributed by atoms with Gasteiger partial charge in [-0.3, -0.25) is 0 Å². The van der Waals surface area contributed by atoms with Crippen molar-refractivity contribution in [2.24, 2.45) is 0 Å². The van der Waals surface area contributed by atoms with Crippen LogP contribution in [0.3, 0.4) is 0 Å². The second kappa shape index (κ2) is 7.15. The van der Waals surface area contributed by atoms with Crippen LogP contribution in [0, 0.1) is 11.3 Å². The summed E-state index contributed by atoms with van der Waals surface area (Å²) in [5.41, 5.74) is 7.47. The molecule has 0 atom stereocenters. The molecule has 0 bridgehead atoms. The van der Waals surface area contributed by atoms with Crippen molar-refractivity contribution < 1.29 is 4.42 Å². The molecule has 0 radical (unpaired) electrons. The fourth-order valence-electron chi connectivity index (χ4n) is 2.25. The highest BCUT2D eigenvalue weighted by molar-refractivity contribution is 5.71. The molecule has 0 aliphatic heterocycles. The molecule has 2 heterocycles. The minimum absolute atomic E-state index is 0.0823. The lowest BCUT2D eigenvalue weighted by molar-refractivity contribution is 0.580. The highest BCUT2D eigenvalue weighted by Gasteiger charge is 2.16.